The first-order valence-electron chi connectivity index (χ1n) is 11.4. The highest BCUT2D eigenvalue weighted by Gasteiger charge is 2.12. The summed E-state index contributed by atoms with van der Waals surface area (Å²) in [5.41, 5.74) is 0. The molecule has 1 heterocycles. The zero-order valence-electron chi connectivity index (χ0n) is 18.6. The third-order valence-electron chi connectivity index (χ3n) is 4.91. The summed E-state index contributed by atoms with van der Waals surface area (Å²) < 4.78 is 5.10. The molecule has 1 aliphatic rings. The summed E-state index contributed by atoms with van der Waals surface area (Å²) in [7, 11) is 1.86. The first-order chi connectivity index (χ1) is 13.0. The second kappa shape index (κ2) is 18.3. The van der Waals surface area contributed by atoms with E-state index in [-0.39, 0.29) is 12.1 Å². The van der Waals surface area contributed by atoms with Crippen molar-refractivity contribution in [3.63, 3.8) is 0 Å². The molecule has 160 valence electrons. The molecule has 0 N–H and O–H groups in total. The van der Waals surface area contributed by atoms with E-state index in [1.807, 2.05) is 20.9 Å². The van der Waals surface area contributed by atoms with Crippen molar-refractivity contribution in [3.05, 3.63) is 0 Å². The van der Waals surface area contributed by atoms with Gasteiger partial charge in [0.1, 0.15) is 0 Å². The molecule has 1 amide bonds. The van der Waals surface area contributed by atoms with Crippen LogP contribution in [0.1, 0.15) is 117 Å². The van der Waals surface area contributed by atoms with Crippen LogP contribution in [-0.4, -0.2) is 36.5 Å². The molecule has 1 rings (SSSR count). The van der Waals surface area contributed by atoms with E-state index in [1.165, 1.54) is 70.6 Å². The largest absolute Gasteiger partial charge is 0.463 e. The fourth-order valence-corrected chi connectivity index (χ4v) is 3.20. The fourth-order valence-electron chi connectivity index (χ4n) is 3.20. The smallest absolute Gasteiger partial charge is 0.306 e. The van der Waals surface area contributed by atoms with Crippen LogP contribution < -0.4 is 0 Å². The molecule has 0 aromatic rings. The first kappa shape index (κ1) is 25.9. The molecule has 0 aromatic carbocycles. The summed E-state index contributed by atoms with van der Waals surface area (Å²) in [6, 6.07) is 0. The Hall–Kier alpha value is -1.06. The number of carbonyl (C=O) groups excluding carboxylic acids is 2. The Balaban J connectivity index is 0.000000694. The van der Waals surface area contributed by atoms with Gasteiger partial charge in [-0.15, -0.1) is 0 Å². The van der Waals surface area contributed by atoms with Crippen LogP contribution in [0.25, 0.3) is 0 Å². The minimum atomic E-state index is -0.0362. The quantitative estimate of drug-likeness (QED) is 0.278. The number of hydrogen-bond donors (Lipinski definition) is 0. The van der Waals surface area contributed by atoms with Gasteiger partial charge in [-0.1, -0.05) is 71.1 Å². The topological polar surface area (TPSA) is 46.6 Å². The Morgan fingerprint density at radius 1 is 0.926 bits per heavy atom. The first-order valence-corrected chi connectivity index (χ1v) is 11.4. The van der Waals surface area contributed by atoms with E-state index in [4.69, 9.17) is 4.74 Å². The second-order valence-corrected chi connectivity index (χ2v) is 8.10. The maximum atomic E-state index is 11.3. The Labute approximate surface area is 168 Å². The molecule has 27 heavy (non-hydrogen) atoms. The van der Waals surface area contributed by atoms with Crippen LogP contribution >= 0.6 is 0 Å². The maximum absolute atomic E-state index is 11.3. The molecule has 0 atom stereocenters. The van der Waals surface area contributed by atoms with E-state index >= 15 is 0 Å². The van der Waals surface area contributed by atoms with Gasteiger partial charge in [0.15, 0.2) is 0 Å². The molecule has 0 aromatic heterocycles. The summed E-state index contributed by atoms with van der Waals surface area (Å²) in [6.45, 7) is 7.02. The van der Waals surface area contributed by atoms with Gasteiger partial charge in [-0.2, -0.15) is 0 Å². The van der Waals surface area contributed by atoms with Gasteiger partial charge in [-0.05, 0) is 33.1 Å². The number of unbranched alkanes of at least 4 members (excludes halogenated alkanes) is 10. The van der Waals surface area contributed by atoms with Crippen molar-refractivity contribution >= 4 is 11.9 Å². The molecule has 1 saturated heterocycles. The summed E-state index contributed by atoms with van der Waals surface area (Å²) >= 11 is 0. The standard InChI is InChI=1S/C17H34O2.C6H11NO/c1-4-5-6-7-8-9-10-11-12-13-14-15-17(18)19-16(2)3;1-7-5-3-2-4-6(7)8/h16H,4-15H2,1-3H3;2-5H2,1H3. The lowest BCUT2D eigenvalue weighted by Crippen LogP contribution is -2.31. The van der Waals surface area contributed by atoms with Crippen molar-refractivity contribution in [2.75, 3.05) is 13.6 Å². The molecule has 4 nitrogen and oxygen atoms in total. The number of amides is 1. The molecular formula is C23H45NO3. The number of likely N-dealkylation sites (tertiary alicyclic amines) is 1. The minimum Gasteiger partial charge on any atom is -0.463 e. The average molecular weight is 384 g/mol. The molecule has 0 unspecified atom stereocenters. The Kier molecular flexibility index (Phi) is 17.6. The van der Waals surface area contributed by atoms with Crippen molar-refractivity contribution in [2.45, 2.75) is 123 Å². The third kappa shape index (κ3) is 18.1. The van der Waals surface area contributed by atoms with E-state index < -0.39 is 0 Å². The van der Waals surface area contributed by atoms with Crippen LogP contribution in [0.15, 0.2) is 0 Å². The highest BCUT2D eigenvalue weighted by atomic mass is 16.5. The number of carbonyl (C=O) groups is 2. The molecule has 0 saturated carbocycles. The van der Waals surface area contributed by atoms with Crippen molar-refractivity contribution in [1.82, 2.24) is 4.90 Å². The van der Waals surface area contributed by atoms with Crippen molar-refractivity contribution in [3.8, 4) is 0 Å². The predicted octanol–water partition coefficient (Wildman–Crippen LogP) is 6.27. The van der Waals surface area contributed by atoms with Crippen LogP contribution in [0.4, 0.5) is 0 Å². The highest BCUT2D eigenvalue weighted by Crippen LogP contribution is 2.12. The lowest BCUT2D eigenvalue weighted by molar-refractivity contribution is -0.147. The molecule has 1 aliphatic heterocycles. The van der Waals surface area contributed by atoms with E-state index in [9.17, 15) is 9.59 Å². The number of piperidine rings is 1. The Bertz CT molecular complexity index is 369. The molecular weight excluding hydrogens is 338 g/mol. The minimum absolute atomic E-state index is 0.0280. The van der Waals surface area contributed by atoms with E-state index in [2.05, 4.69) is 6.92 Å². The van der Waals surface area contributed by atoms with Gasteiger partial charge in [0.2, 0.25) is 5.91 Å². The normalized spacial score (nSPS) is 14.1. The molecule has 1 fully saturated rings. The van der Waals surface area contributed by atoms with Gasteiger partial charge < -0.3 is 9.64 Å². The number of rotatable bonds is 13. The number of esters is 1. The summed E-state index contributed by atoms with van der Waals surface area (Å²) in [4.78, 5) is 23.8. The van der Waals surface area contributed by atoms with Crippen LogP contribution in [0.5, 0.6) is 0 Å². The molecule has 0 radical (unpaired) electrons. The molecule has 0 spiro atoms. The summed E-state index contributed by atoms with van der Waals surface area (Å²) in [5.74, 6) is 0.266. The fraction of sp³-hybridized carbons (Fsp3) is 0.913. The van der Waals surface area contributed by atoms with E-state index in [0.717, 1.165) is 25.8 Å². The van der Waals surface area contributed by atoms with Crippen LogP contribution in [0.3, 0.4) is 0 Å². The highest BCUT2D eigenvalue weighted by molar-refractivity contribution is 5.76. The Morgan fingerprint density at radius 3 is 1.85 bits per heavy atom. The van der Waals surface area contributed by atoms with Gasteiger partial charge in [-0.3, -0.25) is 9.59 Å². The zero-order chi connectivity index (χ0) is 20.3. The van der Waals surface area contributed by atoms with Crippen LogP contribution in [0.2, 0.25) is 0 Å². The van der Waals surface area contributed by atoms with Gasteiger partial charge >= 0.3 is 5.97 Å². The van der Waals surface area contributed by atoms with Crippen LogP contribution in [0, 0.1) is 0 Å². The number of nitrogens with zero attached hydrogens (tertiary/aromatic N) is 1. The zero-order valence-corrected chi connectivity index (χ0v) is 18.6. The van der Waals surface area contributed by atoms with Crippen molar-refractivity contribution in [2.24, 2.45) is 0 Å². The number of hydrogen-bond acceptors (Lipinski definition) is 3. The van der Waals surface area contributed by atoms with Crippen molar-refractivity contribution < 1.29 is 14.3 Å². The maximum Gasteiger partial charge on any atom is 0.306 e. The van der Waals surface area contributed by atoms with Crippen molar-refractivity contribution in [1.29, 1.82) is 0 Å². The van der Waals surface area contributed by atoms with E-state index in [0.29, 0.717) is 12.3 Å². The van der Waals surface area contributed by atoms with Gasteiger partial charge in [0.25, 0.3) is 0 Å². The molecule has 0 aliphatic carbocycles. The lowest BCUT2D eigenvalue weighted by atomic mass is 10.1. The van der Waals surface area contributed by atoms with Gasteiger partial charge in [-0.25, -0.2) is 0 Å². The van der Waals surface area contributed by atoms with Crippen LogP contribution in [-0.2, 0) is 14.3 Å². The molecule has 4 heteroatoms. The summed E-state index contributed by atoms with van der Waals surface area (Å²) in [5, 5.41) is 0. The second-order valence-electron chi connectivity index (χ2n) is 8.10. The predicted molar refractivity (Wildman–Crippen MR) is 114 cm³/mol. The third-order valence-corrected chi connectivity index (χ3v) is 4.91. The average Bonchev–Trinajstić information content (AvgIpc) is 2.62. The lowest BCUT2D eigenvalue weighted by Gasteiger charge is -2.21. The van der Waals surface area contributed by atoms with Gasteiger partial charge in [0, 0.05) is 26.4 Å². The molecule has 0 bridgehead atoms. The SMILES string of the molecule is CCCCCCCCCCCCCC(=O)OC(C)C.CN1CCCCC1=O. The van der Waals surface area contributed by atoms with E-state index in [1.54, 1.807) is 4.90 Å². The Morgan fingerprint density at radius 2 is 1.44 bits per heavy atom. The number of ether oxygens (including phenoxy) is 1. The van der Waals surface area contributed by atoms with Gasteiger partial charge in [0.05, 0.1) is 6.10 Å². The monoisotopic (exact) mass is 383 g/mol. The summed E-state index contributed by atoms with van der Waals surface area (Å²) in [6.07, 6.45) is 18.1.